The number of nitriles is 1. The fourth-order valence-electron chi connectivity index (χ4n) is 0.820. The van der Waals surface area contributed by atoms with Gasteiger partial charge in [0.2, 0.25) is 0 Å². The summed E-state index contributed by atoms with van der Waals surface area (Å²) in [6, 6.07) is 5.12. The molecule has 0 aliphatic carbocycles. The van der Waals surface area contributed by atoms with Gasteiger partial charge >= 0.3 is 0 Å². The van der Waals surface area contributed by atoms with E-state index in [0.717, 1.165) is 3.57 Å². The van der Waals surface area contributed by atoms with E-state index in [1.54, 1.807) is 6.07 Å². The standard InChI is InChI=1S/C8H4BrFIN/c9-7-3-5(11)4-8(10)6(7)1-2-12/h3-4H,1H2. The zero-order valence-corrected chi connectivity index (χ0v) is 9.69. The van der Waals surface area contributed by atoms with Crippen molar-refractivity contribution < 1.29 is 4.39 Å². The molecule has 0 unspecified atom stereocenters. The van der Waals surface area contributed by atoms with Crippen LogP contribution in [0.4, 0.5) is 4.39 Å². The second-order valence-electron chi connectivity index (χ2n) is 2.18. The van der Waals surface area contributed by atoms with E-state index >= 15 is 0 Å². The van der Waals surface area contributed by atoms with E-state index in [-0.39, 0.29) is 12.2 Å². The smallest absolute Gasteiger partial charge is 0.129 e. The Labute approximate surface area is 91.8 Å². The summed E-state index contributed by atoms with van der Waals surface area (Å²) in [7, 11) is 0. The first-order valence-corrected chi connectivity index (χ1v) is 5.02. The summed E-state index contributed by atoms with van der Waals surface area (Å²) in [5.41, 5.74) is 0.429. The SMILES string of the molecule is N#CCc1c(F)cc(I)cc1Br. The molecule has 0 aliphatic heterocycles. The van der Waals surface area contributed by atoms with Gasteiger partial charge in [-0.15, -0.1) is 0 Å². The maximum absolute atomic E-state index is 13.1. The van der Waals surface area contributed by atoms with Crippen LogP contribution in [0.1, 0.15) is 5.56 Å². The Morgan fingerprint density at radius 1 is 1.58 bits per heavy atom. The van der Waals surface area contributed by atoms with Gasteiger partial charge in [0.1, 0.15) is 5.82 Å². The van der Waals surface area contributed by atoms with Crippen molar-refractivity contribution in [3.63, 3.8) is 0 Å². The second-order valence-corrected chi connectivity index (χ2v) is 4.28. The highest BCUT2D eigenvalue weighted by molar-refractivity contribution is 14.1. The summed E-state index contributed by atoms with van der Waals surface area (Å²) >= 11 is 5.23. The first-order chi connectivity index (χ1) is 5.65. The van der Waals surface area contributed by atoms with E-state index < -0.39 is 0 Å². The topological polar surface area (TPSA) is 23.8 Å². The van der Waals surface area contributed by atoms with Gasteiger partial charge in [0.05, 0.1) is 12.5 Å². The van der Waals surface area contributed by atoms with Crippen LogP contribution in [0.5, 0.6) is 0 Å². The zero-order chi connectivity index (χ0) is 9.14. The summed E-state index contributed by atoms with van der Waals surface area (Å²) in [5, 5.41) is 8.40. The molecule has 0 N–H and O–H groups in total. The van der Waals surface area contributed by atoms with Crippen molar-refractivity contribution in [1.82, 2.24) is 0 Å². The van der Waals surface area contributed by atoms with Gasteiger partial charge in [-0.1, -0.05) is 15.9 Å². The summed E-state index contributed by atoms with van der Waals surface area (Å²) in [5.74, 6) is -0.324. The normalized spacial score (nSPS) is 9.50. The van der Waals surface area contributed by atoms with Crippen LogP contribution in [0.2, 0.25) is 0 Å². The monoisotopic (exact) mass is 339 g/mol. The van der Waals surface area contributed by atoms with E-state index in [2.05, 4.69) is 15.9 Å². The highest BCUT2D eigenvalue weighted by Crippen LogP contribution is 2.23. The van der Waals surface area contributed by atoms with Crippen LogP contribution >= 0.6 is 38.5 Å². The minimum Gasteiger partial charge on any atom is -0.207 e. The molecular weight excluding hydrogens is 336 g/mol. The number of benzene rings is 1. The molecule has 0 heterocycles. The van der Waals surface area contributed by atoms with Crippen molar-refractivity contribution in [2.75, 3.05) is 0 Å². The summed E-state index contributed by atoms with van der Waals surface area (Å²) in [6.45, 7) is 0. The fourth-order valence-corrected chi connectivity index (χ4v) is 2.41. The third kappa shape index (κ3) is 2.17. The minimum absolute atomic E-state index is 0.101. The van der Waals surface area contributed by atoms with Crippen molar-refractivity contribution in [2.45, 2.75) is 6.42 Å². The molecule has 4 heteroatoms. The molecule has 1 nitrogen and oxygen atoms in total. The number of hydrogen-bond acceptors (Lipinski definition) is 1. The van der Waals surface area contributed by atoms with Gasteiger partial charge in [-0.05, 0) is 34.7 Å². The van der Waals surface area contributed by atoms with Gasteiger partial charge in [0.15, 0.2) is 0 Å². The van der Waals surface area contributed by atoms with Crippen molar-refractivity contribution in [1.29, 1.82) is 5.26 Å². The van der Waals surface area contributed by atoms with Crippen molar-refractivity contribution in [2.24, 2.45) is 0 Å². The zero-order valence-electron chi connectivity index (χ0n) is 5.94. The van der Waals surface area contributed by atoms with Crippen LogP contribution in [0, 0.1) is 20.7 Å². The molecule has 0 amide bonds. The van der Waals surface area contributed by atoms with Gasteiger partial charge in [0, 0.05) is 13.6 Å². The van der Waals surface area contributed by atoms with Gasteiger partial charge < -0.3 is 0 Å². The molecule has 0 saturated carbocycles. The van der Waals surface area contributed by atoms with Crippen LogP contribution in [0.15, 0.2) is 16.6 Å². The molecule has 0 fully saturated rings. The molecule has 0 bridgehead atoms. The summed E-state index contributed by atoms with van der Waals surface area (Å²) in [4.78, 5) is 0. The van der Waals surface area contributed by atoms with Gasteiger partial charge in [-0.3, -0.25) is 0 Å². The average Bonchev–Trinajstić information content (AvgIpc) is 1.96. The Morgan fingerprint density at radius 3 is 2.75 bits per heavy atom. The largest absolute Gasteiger partial charge is 0.207 e. The fraction of sp³-hybridized carbons (Fsp3) is 0.125. The second kappa shape index (κ2) is 4.19. The van der Waals surface area contributed by atoms with E-state index in [0.29, 0.717) is 10.0 Å². The van der Waals surface area contributed by atoms with Crippen LogP contribution in [0.25, 0.3) is 0 Å². The number of rotatable bonds is 1. The van der Waals surface area contributed by atoms with Crippen LogP contribution in [-0.2, 0) is 6.42 Å². The molecule has 0 spiro atoms. The van der Waals surface area contributed by atoms with Crippen LogP contribution in [0.3, 0.4) is 0 Å². The molecule has 1 aromatic rings. The van der Waals surface area contributed by atoms with E-state index in [4.69, 9.17) is 5.26 Å². The first kappa shape index (κ1) is 9.93. The van der Waals surface area contributed by atoms with Crippen LogP contribution < -0.4 is 0 Å². The number of nitrogens with zero attached hydrogens (tertiary/aromatic N) is 1. The van der Waals surface area contributed by atoms with Crippen molar-refractivity contribution in [3.8, 4) is 6.07 Å². The lowest BCUT2D eigenvalue weighted by Gasteiger charge is -2.01. The summed E-state index contributed by atoms with van der Waals surface area (Å²) < 4.78 is 14.6. The molecule has 0 atom stereocenters. The highest BCUT2D eigenvalue weighted by Gasteiger charge is 2.07. The molecule has 0 radical (unpaired) electrons. The van der Waals surface area contributed by atoms with E-state index in [1.165, 1.54) is 6.07 Å². The van der Waals surface area contributed by atoms with Crippen molar-refractivity contribution in [3.05, 3.63) is 31.6 Å². The molecule has 0 aromatic heterocycles. The Bertz CT molecular complexity index is 322. The molecule has 62 valence electrons. The molecule has 1 rings (SSSR count). The van der Waals surface area contributed by atoms with Gasteiger partial charge in [-0.25, -0.2) is 4.39 Å². The number of hydrogen-bond donors (Lipinski definition) is 0. The molecule has 0 saturated heterocycles. The predicted molar refractivity (Wildman–Crippen MR) is 56.1 cm³/mol. The van der Waals surface area contributed by atoms with Gasteiger partial charge in [0.25, 0.3) is 0 Å². The lowest BCUT2D eigenvalue weighted by atomic mass is 10.1. The molecular formula is C8H4BrFIN. The Morgan fingerprint density at radius 2 is 2.25 bits per heavy atom. The Hall–Kier alpha value is -0.150. The minimum atomic E-state index is -0.324. The quantitative estimate of drug-likeness (QED) is 0.720. The van der Waals surface area contributed by atoms with E-state index in [1.807, 2.05) is 28.7 Å². The highest BCUT2D eigenvalue weighted by atomic mass is 127. The Kier molecular flexibility index (Phi) is 3.47. The lowest BCUT2D eigenvalue weighted by Crippen LogP contribution is -1.91. The van der Waals surface area contributed by atoms with E-state index in [9.17, 15) is 4.39 Å². The van der Waals surface area contributed by atoms with Crippen molar-refractivity contribution >= 4 is 38.5 Å². The lowest BCUT2D eigenvalue weighted by molar-refractivity contribution is 0.613. The third-order valence-corrected chi connectivity index (χ3v) is 2.69. The molecule has 1 aromatic carbocycles. The maximum atomic E-state index is 13.1. The Balaban J connectivity index is 3.21. The maximum Gasteiger partial charge on any atom is 0.129 e. The molecule has 12 heavy (non-hydrogen) atoms. The first-order valence-electron chi connectivity index (χ1n) is 3.15. The predicted octanol–water partition coefficient (Wildman–Crippen LogP) is 3.26. The number of halogens is 3. The van der Waals surface area contributed by atoms with Gasteiger partial charge in [-0.2, -0.15) is 5.26 Å². The summed E-state index contributed by atoms with van der Waals surface area (Å²) in [6.07, 6.45) is 0.101. The average molecular weight is 340 g/mol. The van der Waals surface area contributed by atoms with Crippen LogP contribution in [-0.4, -0.2) is 0 Å². The third-order valence-electron chi connectivity index (χ3n) is 1.36. The molecule has 0 aliphatic rings.